The maximum Gasteiger partial charge on any atom is 0.165 e. The maximum atomic E-state index is 13.8. The van der Waals surface area contributed by atoms with Crippen LogP contribution in [0.25, 0.3) is 0 Å². The lowest BCUT2D eigenvalue weighted by atomic mass is 10.1. The van der Waals surface area contributed by atoms with Gasteiger partial charge in [-0.3, -0.25) is 9.11 Å². The van der Waals surface area contributed by atoms with E-state index in [1.165, 1.54) is 6.07 Å². The van der Waals surface area contributed by atoms with Gasteiger partial charge in [-0.2, -0.15) is 0 Å². The molecule has 5 heteroatoms. The predicted octanol–water partition coefficient (Wildman–Crippen LogP) is 2.42. The predicted molar refractivity (Wildman–Crippen MR) is 79.9 cm³/mol. The topological polar surface area (TPSA) is 29.5 Å². The first kappa shape index (κ1) is 15.4. The van der Waals surface area contributed by atoms with Crippen molar-refractivity contribution in [2.24, 2.45) is 5.92 Å². The van der Waals surface area contributed by atoms with Crippen LogP contribution in [0.1, 0.15) is 19.4 Å². The number of ether oxygens (including phenoxy) is 1. The number of hydrogen-bond acceptors (Lipinski definition) is 3. The molecule has 1 aromatic carbocycles. The third-order valence-corrected chi connectivity index (χ3v) is 4.96. The minimum atomic E-state index is -0.713. The molecule has 1 aromatic rings. The van der Waals surface area contributed by atoms with Gasteiger partial charge < -0.3 is 4.74 Å². The maximum absolute atomic E-state index is 13.8. The largest absolute Gasteiger partial charge is 0.491 e. The van der Waals surface area contributed by atoms with Crippen molar-refractivity contribution >= 4 is 10.8 Å². The molecule has 0 bridgehead atoms. The van der Waals surface area contributed by atoms with E-state index in [2.05, 4.69) is 11.8 Å². The molecule has 0 aromatic heterocycles. The number of rotatable bonds is 4. The zero-order valence-corrected chi connectivity index (χ0v) is 12.9. The fourth-order valence-electron chi connectivity index (χ4n) is 2.53. The molecule has 0 radical (unpaired) electrons. The highest BCUT2D eigenvalue weighted by molar-refractivity contribution is 7.85. The van der Waals surface area contributed by atoms with Crippen LogP contribution in [0, 0.1) is 11.7 Å². The van der Waals surface area contributed by atoms with Crippen molar-refractivity contribution < 1.29 is 13.3 Å². The fraction of sp³-hybridized carbons (Fsp3) is 0.600. The van der Waals surface area contributed by atoms with Gasteiger partial charge >= 0.3 is 0 Å². The summed E-state index contributed by atoms with van der Waals surface area (Å²) in [6, 6.07) is 5.13. The van der Waals surface area contributed by atoms with Crippen molar-refractivity contribution in [2.75, 3.05) is 31.2 Å². The normalized spacial score (nSPS) is 24.4. The van der Waals surface area contributed by atoms with Crippen molar-refractivity contribution in [1.82, 2.24) is 4.90 Å². The molecule has 1 aliphatic rings. The van der Waals surface area contributed by atoms with Crippen LogP contribution in [-0.4, -0.2) is 40.3 Å². The van der Waals surface area contributed by atoms with Crippen LogP contribution >= 0.6 is 0 Å². The van der Waals surface area contributed by atoms with E-state index in [9.17, 15) is 8.60 Å². The summed E-state index contributed by atoms with van der Waals surface area (Å²) in [6.45, 7) is 6.85. The molecule has 0 amide bonds. The zero-order valence-electron chi connectivity index (χ0n) is 12.1. The number of halogens is 1. The summed E-state index contributed by atoms with van der Waals surface area (Å²) < 4.78 is 30.7. The Hall–Kier alpha value is -0.940. The SMILES string of the molecule is CCOc1ccc(CN2CC[S@@](=O)C[C@H](C)C2)cc1F. The highest BCUT2D eigenvalue weighted by Gasteiger charge is 2.19. The Bertz CT molecular complexity index is 481. The molecule has 2 rings (SSSR count). The first-order valence-corrected chi connectivity index (χ1v) is 8.56. The Balaban J connectivity index is 2.02. The lowest BCUT2D eigenvalue weighted by Crippen LogP contribution is -2.28. The second-order valence-electron chi connectivity index (χ2n) is 5.35. The number of benzene rings is 1. The molecule has 3 nitrogen and oxygen atoms in total. The van der Waals surface area contributed by atoms with Crippen LogP contribution in [0.2, 0.25) is 0 Å². The van der Waals surface area contributed by atoms with Gasteiger partial charge in [0.25, 0.3) is 0 Å². The third-order valence-electron chi connectivity index (χ3n) is 3.38. The quantitative estimate of drug-likeness (QED) is 0.855. The van der Waals surface area contributed by atoms with Gasteiger partial charge in [0.15, 0.2) is 11.6 Å². The molecule has 0 aliphatic carbocycles. The molecule has 112 valence electrons. The molecular weight excluding hydrogens is 277 g/mol. The van der Waals surface area contributed by atoms with E-state index in [4.69, 9.17) is 4.74 Å². The monoisotopic (exact) mass is 299 g/mol. The highest BCUT2D eigenvalue weighted by Crippen LogP contribution is 2.20. The van der Waals surface area contributed by atoms with E-state index >= 15 is 0 Å². The van der Waals surface area contributed by atoms with Crippen LogP contribution in [0.3, 0.4) is 0 Å². The number of hydrogen-bond donors (Lipinski definition) is 0. The van der Waals surface area contributed by atoms with Crippen molar-refractivity contribution in [2.45, 2.75) is 20.4 Å². The van der Waals surface area contributed by atoms with E-state index in [0.29, 0.717) is 30.6 Å². The summed E-state index contributed by atoms with van der Waals surface area (Å²) in [5.41, 5.74) is 0.936. The zero-order chi connectivity index (χ0) is 14.5. The summed E-state index contributed by atoms with van der Waals surface area (Å²) in [5, 5.41) is 0. The first-order valence-electron chi connectivity index (χ1n) is 7.07. The minimum absolute atomic E-state index is 0.307. The smallest absolute Gasteiger partial charge is 0.165 e. The number of nitrogens with zero attached hydrogens (tertiary/aromatic N) is 1. The van der Waals surface area contributed by atoms with Crippen LogP contribution < -0.4 is 4.74 Å². The molecular formula is C15H22FNO2S. The molecule has 1 saturated heterocycles. The molecule has 0 spiro atoms. The molecule has 1 heterocycles. The highest BCUT2D eigenvalue weighted by atomic mass is 32.2. The van der Waals surface area contributed by atoms with Crippen LogP contribution in [0.15, 0.2) is 18.2 Å². The van der Waals surface area contributed by atoms with Gasteiger partial charge in [0, 0.05) is 41.9 Å². The summed E-state index contributed by atoms with van der Waals surface area (Å²) in [4.78, 5) is 2.25. The molecule has 1 aliphatic heterocycles. The van der Waals surface area contributed by atoms with Gasteiger partial charge in [0.05, 0.1) is 6.61 Å². The Kier molecular flexibility index (Phi) is 5.54. The average Bonchev–Trinajstić information content (AvgIpc) is 2.54. The molecule has 0 unspecified atom stereocenters. The van der Waals surface area contributed by atoms with Gasteiger partial charge in [-0.05, 0) is 30.5 Å². The van der Waals surface area contributed by atoms with Gasteiger partial charge in [0.2, 0.25) is 0 Å². The van der Waals surface area contributed by atoms with Crippen molar-refractivity contribution in [3.63, 3.8) is 0 Å². The Morgan fingerprint density at radius 3 is 3.00 bits per heavy atom. The second kappa shape index (κ2) is 7.18. The molecule has 0 saturated carbocycles. The molecule has 2 atom stereocenters. The summed E-state index contributed by atoms with van der Waals surface area (Å²) in [7, 11) is -0.713. The standard InChI is InChI=1S/C15H22FNO2S/c1-3-19-15-5-4-13(8-14(15)16)10-17-6-7-20(18)11-12(2)9-17/h4-5,8,12H,3,6-7,9-11H2,1-2H3/t12-,20-/m1/s1. The van der Waals surface area contributed by atoms with E-state index in [1.807, 2.05) is 13.0 Å². The first-order chi connectivity index (χ1) is 9.58. The van der Waals surface area contributed by atoms with E-state index in [-0.39, 0.29) is 5.82 Å². The van der Waals surface area contributed by atoms with Crippen molar-refractivity contribution in [1.29, 1.82) is 0 Å². The second-order valence-corrected chi connectivity index (χ2v) is 6.97. The Morgan fingerprint density at radius 1 is 1.50 bits per heavy atom. The summed E-state index contributed by atoms with van der Waals surface area (Å²) in [6.07, 6.45) is 0. The fourth-order valence-corrected chi connectivity index (χ4v) is 3.90. The van der Waals surface area contributed by atoms with Gasteiger partial charge in [-0.15, -0.1) is 0 Å². The lowest BCUT2D eigenvalue weighted by Gasteiger charge is -2.22. The summed E-state index contributed by atoms with van der Waals surface area (Å²) in [5.74, 6) is 1.90. The molecule has 0 N–H and O–H groups in total. The Morgan fingerprint density at radius 2 is 2.30 bits per heavy atom. The van der Waals surface area contributed by atoms with Crippen LogP contribution in [-0.2, 0) is 17.3 Å². The van der Waals surface area contributed by atoms with E-state index in [1.54, 1.807) is 6.07 Å². The van der Waals surface area contributed by atoms with Crippen molar-refractivity contribution in [3.05, 3.63) is 29.6 Å². The van der Waals surface area contributed by atoms with Gasteiger partial charge in [-0.1, -0.05) is 13.0 Å². The molecule has 20 heavy (non-hydrogen) atoms. The average molecular weight is 299 g/mol. The lowest BCUT2D eigenvalue weighted by molar-refractivity contribution is 0.256. The molecule has 1 fully saturated rings. The Labute approximate surface area is 122 Å². The summed E-state index contributed by atoms with van der Waals surface area (Å²) >= 11 is 0. The minimum Gasteiger partial charge on any atom is -0.491 e. The van der Waals surface area contributed by atoms with Gasteiger partial charge in [-0.25, -0.2) is 4.39 Å². The van der Waals surface area contributed by atoms with E-state index < -0.39 is 10.8 Å². The van der Waals surface area contributed by atoms with E-state index in [0.717, 1.165) is 24.4 Å². The van der Waals surface area contributed by atoms with Crippen LogP contribution in [0.4, 0.5) is 4.39 Å². The van der Waals surface area contributed by atoms with Crippen molar-refractivity contribution in [3.8, 4) is 5.75 Å². The third kappa shape index (κ3) is 4.28. The van der Waals surface area contributed by atoms with Crippen LogP contribution in [0.5, 0.6) is 5.75 Å². The van der Waals surface area contributed by atoms with Gasteiger partial charge in [0.1, 0.15) is 0 Å².